The summed E-state index contributed by atoms with van der Waals surface area (Å²) in [4.78, 5) is 14.3. The number of fused-ring (bicyclic) bond motifs is 1. The van der Waals surface area contributed by atoms with E-state index in [1.54, 1.807) is 0 Å². The van der Waals surface area contributed by atoms with Gasteiger partial charge in [-0.1, -0.05) is 0 Å². The van der Waals surface area contributed by atoms with E-state index in [-0.39, 0.29) is 11.9 Å². The fraction of sp³-hybridized carbons (Fsp3) is 0.786. The molecule has 1 aromatic heterocycles. The maximum Gasteiger partial charge on any atom is 0.239 e. The SMILES string of the molecule is Cc1nnc2n1C[C@H](N[C@H](C)C(=O)N1CCOCC1)CC2. The molecule has 0 aliphatic carbocycles. The maximum absolute atomic E-state index is 12.4. The van der Waals surface area contributed by atoms with Crippen molar-refractivity contribution in [3.63, 3.8) is 0 Å². The first-order valence-corrected chi connectivity index (χ1v) is 7.66. The van der Waals surface area contributed by atoms with Gasteiger partial charge < -0.3 is 19.5 Å². The lowest BCUT2D eigenvalue weighted by Gasteiger charge is -2.32. The molecule has 1 amide bonds. The van der Waals surface area contributed by atoms with Crippen LogP contribution in [-0.4, -0.2) is 64.0 Å². The van der Waals surface area contributed by atoms with Gasteiger partial charge in [0.15, 0.2) is 0 Å². The van der Waals surface area contributed by atoms with Gasteiger partial charge in [0.05, 0.1) is 19.3 Å². The molecule has 0 saturated carbocycles. The number of aryl methyl sites for hydroxylation is 2. The van der Waals surface area contributed by atoms with Gasteiger partial charge in [0, 0.05) is 32.1 Å². The molecule has 2 aliphatic rings. The molecule has 3 heterocycles. The van der Waals surface area contributed by atoms with Crippen LogP contribution in [0.1, 0.15) is 25.0 Å². The van der Waals surface area contributed by atoms with Crippen LogP contribution in [0.15, 0.2) is 0 Å². The number of nitrogens with one attached hydrogen (secondary N) is 1. The van der Waals surface area contributed by atoms with Crippen molar-refractivity contribution in [2.45, 2.75) is 45.3 Å². The van der Waals surface area contributed by atoms with Crippen molar-refractivity contribution in [1.29, 1.82) is 0 Å². The Kier molecular flexibility index (Phi) is 4.21. The predicted molar refractivity (Wildman–Crippen MR) is 76.9 cm³/mol. The first-order chi connectivity index (χ1) is 10.1. The van der Waals surface area contributed by atoms with E-state index in [1.165, 1.54) is 0 Å². The number of carbonyl (C=O) groups excluding carboxylic acids is 1. The minimum atomic E-state index is -0.161. The molecule has 0 unspecified atom stereocenters. The molecule has 2 aliphatic heterocycles. The number of ether oxygens (including phenoxy) is 1. The van der Waals surface area contributed by atoms with Gasteiger partial charge in [0.25, 0.3) is 0 Å². The molecule has 0 spiro atoms. The molecule has 21 heavy (non-hydrogen) atoms. The van der Waals surface area contributed by atoms with Crippen LogP contribution in [0.3, 0.4) is 0 Å². The van der Waals surface area contributed by atoms with Gasteiger partial charge in [-0.05, 0) is 20.3 Å². The molecule has 7 heteroatoms. The standard InChI is InChI=1S/C14H23N5O2/c1-10(14(20)18-5-7-21-8-6-18)15-12-3-4-13-17-16-11(2)19(13)9-12/h10,12,15H,3-9H2,1-2H3/t10-,12-/m1/s1. The topological polar surface area (TPSA) is 72.3 Å². The Labute approximate surface area is 124 Å². The van der Waals surface area contributed by atoms with Crippen LogP contribution in [0.5, 0.6) is 0 Å². The van der Waals surface area contributed by atoms with Gasteiger partial charge in [-0.15, -0.1) is 10.2 Å². The van der Waals surface area contributed by atoms with Crippen molar-refractivity contribution in [2.75, 3.05) is 26.3 Å². The number of nitrogens with zero attached hydrogens (tertiary/aromatic N) is 4. The monoisotopic (exact) mass is 293 g/mol. The highest BCUT2D eigenvalue weighted by molar-refractivity contribution is 5.81. The van der Waals surface area contributed by atoms with E-state index in [4.69, 9.17) is 4.74 Å². The van der Waals surface area contributed by atoms with Crippen LogP contribution < -0.4 is 5.32 Å². The van der Waals surface area contributed by atoms with Crippen LogP contribution in [0.25, 0.3) is 0 Å². The van der Waals surface area contributed by atoms with Gasteiger partial charge in [0.1, 0.15) is 11.6 Å². The minimum absolute atomic E-state index is 0.161. The van der Waals surface area contributed by atoms with E-state index in [0.717, 1.165) is 31.0 Å². The van der Waals surface area contributed by atoms with Gasteiger partial charge in [-0.3, -0.25) is 4.79 Å². The normalized spacial score (nSPS) is 23.7. The fourth-order valence-corrected chi connectivity index (χ4v) is 3.08. The summed E-state index contributed by atoms with van der Waals surface area (Å²) in [6.45, 7) is 7.45. The van der Waals surface area contributed by atoms with E-state index in [1.807, 2.05) is 18.7 Å². The van der Waals surface area contributed by atoms with Crippen molar-refractivity contribution in [2.24, 2.45) is 0 Å². The molecule has 116 valence electrons. The van der Waals surface area contributed by atoms with Crippen molar-refractivity contribution >= 4 is 5.91 Å². The first-order valence-electron chi connectivity index (χ1n) is 7.66. The van der Waals surface area contributed by atoms with E-state index in [0.29, 0.717) is 32.3 Å². The summed E-state index contributed by atoms with van der Waals surface area (Å²) in [6, 6.07) is 0.138. The highest BCUT2D eigenvalue weighted by atomic mass is 16.5. The lowest BCUT2D eigenvalue weighted by Crippen LogP contribution is -2.52. The molecular weight excluding hydrogens is 270 g/mol. The maximum atomic E-state index is 12.4. The Morgan fingerprint density at radius 1 is 1.38 bits per heavy atom. The zero-order valence-corrected chi connectivity index (χ0v) is 12.7. The van der Waals surface area contributed by atoms with E-state index >= 15 is 0 Å². The summed E-state index contributed by atoms with van der Waals surface area (Å²) < 4.78 is 7.44. The third-order valence-corrected chi connectivity index (χ3v) is 4.31. The average Bonchev–Trinajstić information content (AvgIpc) is 2.88. The van der Waals surface area contributed by atoms with Gasteiger partial charge >= 0.3 is 0 Å². The van der Waals surface area contributed by atoms with Crippen LogP contribution in [0, 0.1) is 6.92 Å². The van der Waals surface area contributed by atoms with E-state index in [2.05, 4.69) is 20.1 Å². The second-order valence-corrected chi connectivity index (χ2v) is 5.84. The fourth-order valence-electron chi connectivity index (χ4n) is 3.08. The molecule has 1 fully saturated rings. The van der Waals surface area contributed by atoms with Crippen molar-refractivity contribution < 1.29 is 9.53 Å². The summed E-state index contributed by atoms with van der Waals surface area (Å²) >= 11 is 0. The van der Waals surface area contributed by atoms with Crippen LogP contribution in [0.2, 0.25) is 0 Å². The molecule has 1 aromatic rings. The second-order valence-electron chi connectivity index (χ2n) is 5.84. The van der Waals surface area contributed by atoms with Crippen molar-refractivity contribution in [3.8, 4) is 0 Å². The summed E-state index contributed by atoms with van der Waals surface area (Å²) in [7, 11) is 0. The summed E-state index contributed by atoms with van der Waals surface area (Å²) in [5, 5.41) is 11.8. The number of amides is 1. The average molecular weight is 293 g/mol. The number of carbonyl (C=O) groups is 1. The van der Waals surface area contributed by atoms with Crippen molar-refractivity contribution in [1.82, 2.24) is 25.0 Å². The number of hydrogen-bond donors (Lipinski definition) is 1. The summed E-state index contributed by atoms with van der Waals surface area (Å²) in [5.74, 6) is 2.17. The molecule has 2 atom stereocenters. The molecule has 3 rings (SSSR count). The van der Waals surface area contributed by atoms with Crippen LogP contribution in [-0.2, 0) is 22.5 Å². The molecule has 0 aromatic carbocycles. The minimum Gasteiger partial charge on any atom is -0.378 e. The number of aromatic nitrogens is 3. The molecular formula is C14H23N5O2. The quantitative estimate of drug-likeness (QED) is 0.831. The van der Waals surface area contributed by atoms with E-state index < -0.39 is 0 Å². The zero-order chi connectivity index (χ0) is 14.8. The largest absolute Gasteiger partial charge is 0.378 e. The Hall–Kier alpha value is -1.47. The highest BCUT2D eigenvalue weighted by Crippen LogP contribution is 2.15. The predicted octanol–water partition coefficient (Wildman–Crippen LogP) is -0.262. The van der Waals surface area contributed by atoms with Crippen LogP contribution in [0.4, 0.5) is 0 Å². The summed E-state index contributed by atoms with van der Waals surface area (Å²) in [6.07, 6.45) is 1.91. The lowest BCUT2D eigenvalue weighted by molar-refractivity contribution is -0.137. The lowest BCUT2D eigenvalue weighted by atomic mass is 10.1. The first kappa shape index (κ1) is 14.5. The molecule has 0 radical (unpaired) electrons. The molecule has 1 saturated heterocycles. The smallest absolute Gasteiger partial charge is 0.239 e. The Balaban J connectivity index is 1.57. The number of rotatable bonds is 3. The van der Waals surface area contributed by atoms with Gasteiger partial charge in [0.2, 0.25) is 5.91 Å². The Morgan fingerprint density at radius 3 is 2.90 bits per heavy atom. The second kappa shape index (κ2) is 6.11. The zero-order valence-electron chi connectivity index (χ0n) is 12.7. The molecule has 0 bridgehead atoms. The highest BCUT2D eigenvalue weighted by Gasteiger charge is 2.27. The Morgan fingerprint density at radius 2 is 2.14 bits per heavy atom. The van der Waals surface area contributed by atoms with E-state index in [9.17, 15) is 4.79 Å². The number of morpholine rings is 1. The number of hydrogen-bond acceptors (Lipinski definition) is 5. The Bertz CT molecular complexity index is 509. The summed E-state index contributed by atoms with van der Waals surface area (Å²) in [5.41, 5.74) is 0. The molecule has 7 nitrogen and oxygen atoms in total. The van der Waals surface area contributed by atoms with Gasteiger partial charge in [-0.25, -0.2) is 0 Å². The van der Waals surface area contributed by atoms with Gasteiger partial charge in [-0.2, -0.15) is 0 Å². The molecule has 1 N–H and O–H groups in total. The van der Waals surface area contributed by atoms with Crippen molar-refractivity contribution in [3.05, 3.63) is 11.6 Å². The third-order valence-electron chi connectivity index (χ3n) is 4.31. The van der Waals surface area contributed by atoms with Crippen LogP contribution >= 0.6 is 0 Å². The third kappa shape index (κ3) is 3.08.